The average molecular weight is 549 g/mol. The molecule has 0 aliphatic heterocycles. The standard InChI is InChI=1S/C29H29ClN4O3S/c1-22-19-25(23(2)34(22)27-15-13-26(30)14-16-27)20-31-32-29(35)21-33(18-17-24-9-5-3-6-10-24)38(36,37)28-11-7-4-8-12-28/h3-16,19-20H,17-18,21H2,1-2H3,(H,32,35)/b31-20-. The Bertz CT molecular complexity index is 1520. The topological polar surface area (TPSA) is 83.8 Å². The maximum absolute atomic E-state index is 13.3. The van der Waals surface area contributed by atoms with Gasteiger partial charge in [0.05, 0.1) is 17.7 Å². The maximum atomic E-state index is 13.3. The van der Waals surface area contributed by atoms with E-state index in [2.05, 4.69) is 15.1 Å². The number of benzene rings is 3. The summed E-state index contributed by atoms with van der Waals surface area (Å²) in [7, 11) is -3.88. The van der Waals surface area contributed by atoms with Crippen LogP contribution in [0.4, 0.5) is 0 Å². The van der Waals surface area contributed by atoms with Crippen LogP contribution in [0.25, 0.3) is 5.69 Å². The first kappa shape index (κ1) is 27.3. The van der Waals surface area contributed by atoms with Crippen LogP contribution in [0.2, 0.25) is 5.02 Å². The summed E-state index contributed by atoms with van der Waals surface area (Å²) in [6.45, 7) is 3.74. The summed E-state index contributed by atoms with van der Waals surface area (Å²) in [6.07, 6.45) is 2.03. The fourth-order valence-electron chi connectivity index (χ4n) is 4.20. The molecule has 38 heavy (non-hydrogen) atoms. The lowest BCUT2D eigenvalue weighted by molar-refractivity contribution is -0.121. The molecule has 0 bridgehead atoms. The number of aryl methyl sites for hydroxylation is 1. The van der Waals surface area contributed by atoms with Gasteiger partial charge < -0.3 is 4.57 Å². The molecule has 1 amide bonds. The molecule has 0 radical (unpaired) electrons. The predicted molar refractivity (Wildman–Crippen MR) is 151 cm³/mol. The van der Waals surface area contributed by atoms with Gasteiger partial charge in [-0.1, -0.05) is 60.1 Å². The third kappa shape index (κ3) is 6.58. The van der Waals surface area contributed by atoms with Gasteiger partial charge in [-0.3, -0.25) is 4.79 Å². The van der Waals surface area contributed by atoms with Gasteiger partial charge in [0.1, 0.15) is 0 Å². The van der Waals surface area contributed by atoms with Crippen molar-refractivity contribution in [3.63, 3.8) is 0 Å². The lowest BCUT2D eigenvalue weighted by Crippen LogP contribution is -2.40. The first-order valence-electron chi connectivity index (χ1n) is 12.1. The number of hydrazone groups is 1. The number of aromatic nitrogens is 1. The van der Waals surface area contributed by atoms with Gasteiger partial charge in [-0.25, -0.2) is 13.8 Å². The Hall–Kier alpha value is -3.72. The fourth-order valence-corrected chi connectivity index (χ4v) is 5.74. The molecule has 0 atom stereocenters. The molecule has 0 fully saturated rings. The summed E-state index contributed by atoms with van der Waals surface area (Å²) < 4.78 is 29.9. The summed E-state index contributed by atoms with van der Waals surface area (Å²) in [5.74, 6) is -0.527. The van der Waals surface area contributed by atoms with E-state index in [1.807, 2.05) is 74.5 Å². The van der Waals surface area contributed by atoms with E-state index >= 15 is 0 Å². The summed E-state index contributed by atoms with van der Waals surface area (Å²) >= 11 is 6.02. The molecule has 196 valence electrons. The zero-order valence-corrected chi connectivity index (χ0v) is 22.8. The normalized spacial score (nSPS) is 11.8. The Kier molecular flexibility index (Phi) is 8.78. The molecule has 0 saturated carbocycles. The van der Waals surface area contributed by atoms with E-state index in [1.54, 1.807) is 24.4 Å². The molecule has 0 aliphatic rings. The maximum Gasteiger partial charge on any atom is 0.255 e. The van der Waals surface area contributed by atoms with Gasteiger partial charge in [-0.15, -0.1) is 0 Å². The number of amides is 1. The summed E-state index contributed by atoms with van der Waals surface area (Å²) in [5.41, 5.74) is 7.20. The van der Waals surface area contributed by atoms with E-state index in [-0.39, 0.29) is 18.0 Å². The van der Waals surface area contributed by atoms with Gasteiger partial charge >= 0.3 is 0 Å². The molecule has 0 spiro atoms. The molecule has 1 aromatic heterocycles. The fraction of sp³-hybridized carbons (Fsp3) is 0.172. The highest BCUT2D eigenvalue weighted by Gasteiger charge is 2.26. The van der Waals surface area contributed by atoms with Crippen molar-refractivity contribution >= 4 is 33.7 Å². The number of hydrogen-bond donors (Lipinski definition) is 1. The number of hydrogen-bond acceptors (Lipinski definition) is 4. The van der Waals surface area contributed by atoms with Crippen LogP contribution >= 0.6 is 11.6 Å². The van der Waals surface area contributed by atoms with Gasteiger partial charge in [-0.2, -0.15) is 9.41 Å². The Labute approximate surface area is 228 Å². The molecule has 0 saturated heterocycles. The van der Waals surface area contributed by atoms with Gasteiger partial charge in [0.15, 0.2) is 0 Å². The second-order valence-electron chi connectivity index (χ2n) is 8.82. The summed E-state index contributed by atoms with van der Waals surface area (Å²) in [4.78, 5) is 12.9. The van der Waals surface area contributed by atoms with Crippen LogP contribution < -0.4 is 5.43 Å². The summed E-state index contributed by atoms with van der Waals surface area (Å²) in [5, 5.41) is 4.77. The van der Waals surface area contributed by atoms with Gasteiger partial charge in [0, 0.05) is 34.2 Å². The monoisotopic (exact) mass is 548 g/mol. The van der Waals surface area contributed by atoms with Crippen LogP contribution in [-0.4, -0.2) is 42.5 Å². The van der Waals surface area contributed by atoms with E-state index < -0.39 is 15.9 Å². The highest BCUT2D eigenvalue weighted by molar-refractivity contribution is 7.89. The largest absolute Gasteiger partial charge is 0.318 e. The zero-order valence-electron chi connectivity index (χ0n) is 21.2. The first-order chi connectivity index (χ1) is 18.3. The SMILES string of the molecule is Cc1cc(/C=N\NC(=O)CN(CCc2ccccc2)S(=O)(=O)c2ccccc2)c(C)n1-c1ccc(Cl)cc1. The van der Waals surface area contributed by atoms with Crippen LogP contribution in [0.1, 0.15) is 22.5 Å². The van der Waals surface area contributed by atoms with Gasteiger partial charge in [0.25, 0.3) is 5.91 Å². The minimum absolute atomic E-state index is 0.138. The lowest BCUT2D eigenvalue weighted by atomic mass is 10.1. The van der Waals surface area contributed by atoms with Crippen molar-refractivity contribution in [1.29, 1.82) is 0 Å². The van der Waals surface area contributed by atoms with Crippen LogP contribution in [0.5, 0.6) is 0 Å². The average Bonchev–Trinajstić information content (AvgIpc) is 3.20. The molecular formula is C29H29ClN4O3S. The van der Waals surface area contributed by atoms with Gasteiger partial charge in [-0.05, 0) is 68.3 Å². The Balaban J connectivity index is 1.47. The summed E-state index contributed by atoms with van der Waals surface area (Å²) in [6, 6.07) is 27.2. The van der Waals surface area contributed by atoms with E-state index in [0.717, 1.165) is 28.2 Å². The number of nitrogens with zero attached hydrogens (tertiary/aromatic N) is 3. The Morgan fingerprint density at radius 3 is 2.26 bits per heavy atom. The van der Waals surface area contributed by atoms with Crippen LogP contribution in [-0.2, 0) is 21.2 Å². The minimum Gasteiger partial charge on any atom is -0.318 e. The van der Waals surface area contributed by atoms with Crippen LogP contribution in [0, 0.1) is 13.8 Å². The number of carbonyl (C=O) groups is 1. The lowest BCUT2D eigenvalue weighted by Gasteiger charge is -2.21. The Morgan fingerprint density at radius 2 is 1.61 bits per heavy atom. The van der Waals surface area contributed by atoms with Crippen molar-refractivity contribution in [2.24, 2.45) is 5.10 Å². The molecular weight excluding hydrogens is 520 g/mol. The molecule has 7 nitrogen and oxygen atoms in total. The molecule has 0 unspecified atom stereocenters. The van der Waals surface area contributed by atoms with Crippen molar-refractivity contribution in [3.05, 3.63) is 119 Å². The van der Waals surface area contributed by atoms with Crippen molar-refractivity contribution in [2.75, 3.05) is 13.1 Å². The second-order valence-corrected chi connectivity index (χ2v) is 11.2. The molecule has 0 aliphatic carbocycles. The molecule has 4 rings (SSSR count). The molecule has 9 heteroatoms. The molecule has 1 N–H and O–H groups in total. The number of rotatable bonds is 10. The highest BCUT2D eigenvalue weighted by Crippen LogP contribution is 2.21. The first-order valence-corrected chi connectivity index (χ1v) is 13.9. The van der Waals surface area contributed by atoms with Crippen molar-refractivity contribution in [1.82, 2.24) is 14.3 Å². The predicted octanol–water partition coefficient (Wildman–Crippen LogP) is 5.13. The van der Waals surface area contributed by atoms with Crippen molar-refractivity contribution < 1.29 is 13.2 Å². The number of nitrogens with one attached hydrogen (secondary N) is 1. The number of carbonyl (C=O) groups excluding carboxylic acids is 1. The Morgan fingerprint density at radius 1 is 0.974 bits per heavy atom. The smallest absolute Gasteiger partial charge is 0.255 e. The molecule has 1 heterocycles. The van der Waals surface area contributed by atoms with E-state index in [4.69, 9.17) is 11.6 Å². The highest BCUT2D eigenvalue weighted by atomic mass is 35.5. The third-order valence-corrected chi connectivity index (χ3v) is 8.25. The van der Waals surface area contributed by atoms with Crippen LogP contribution in [0.15, 0.2) is 101 Å². The van der Waals surface area contributed by atoms with Gasteiger partial charge in [0.2, 0.25) is 10.0 Å². The quantitative estimate of drug-likeness (QED) is 0.220. The van der Waals surface area contributed by atoms with Crippen LogP contribution in [0.3, 0.4) is 0 Å². The second kappa shape index (κ2) is 12.2. The minimum atomic E-state index is -3.88. The molecule has 3 aromatic carbocycles. The number of halogens is 1. The van der Waals surface area contributed by atoms with E-state index in [0.29, 0.717) is 11.4 Å². The zero-order chi connectivity index (χ0) is 27.1. The third-order valence-electron chi connectivity index (χ3n) is 6.14. The van der Waals surface area contributed by atoms with E-state index in [9.17, 15) is 13.2 Å². The van der Waals surface area contributed by atoms with E-state index in [1.165, 1.54) is 16.4 Å². The van der Waals surface area contributed by atoms with Crippen molar-refractivity contribution in [3.8, 4) is 5.69 Å². The molecule has 4 aromatic rings. The van der Waals surface area contributed by atoms with Crippen molar-refractivity contribution in [2.45, 2.75) is 25.2 Å². The number of sulfonamides is 1.